The lowest BCUT2D eigenvalue weighted by Crippen LogP contribution is -2.25. The van der Waals surface area contributed by atoms with Crippen LogP contribution in [-0.2, 0) is 13.8 Å². The van der Waals surface area contributed by atoms with Gasteiger partial charge < -0.3 is 9.64 Å². The second kappa shape index (κ2) is 6.26. The Morgan fingerprint density at radius 2 is 2.14 bits per heavy atom. The van der Waals surface area contributed by atoms with E-state index in [1.165, 1.54) is 18.9 Å². The van der Waals surface area contributed by atoms with E-state index < -0.39 is 9.05 Å². The van der Waals surface area contributed by atoms with E-state index in [0.29, 0.717) is 17.0 Å². The minimum atomic E-state index is -3.64. The second-order valence-corrected chi connectivity index (χ2v) is 8.04. The lowest BCUT2D eigenvalue weighted by Gasteiger charge is -2.18. The van der Waals surface area contributed by atoms with Gasteiger partial charge in [-0.05, 0) is 19.1 Å². The zero-order valence-corrected chi connectivity index (χ0v) is 13.8. The number of methoxy groups -OCH3 is 1. The van der Waals surface area contributed by atoms with Gasteiger partial charge in [0.25, 0.3) is 0 Å². The van der Waals surface area contributed by atoms with E-state index >= 15 is 0 Å². The van der Waals surface area contributed by atoms with Gasteiger partial charge in [-0.1, -0.05) is 0 Å². The number of Topliss-reactive ketones (excluding diaryl/α,β-unsaturated/α-hetero) is 1. The molecule has 0 N–H and O–H groups in total. The highest BCUT2D eigenvalue weighted by molar-refractivity contribution is 8.13. The fourth-order valence-electron chi connectivity index (χ4n) is 2.56. The highest BCUT2D eigenvalue weighted by atomic mass is 35.7. The number of hydrogen-bond donors (Lipinski definition) is 0. The SMILES string of the molecule is COc1cc(N2CC(CS(=O)(=O)Cl)CC2=O)ccc1C(C)=O. The van der Waals surface area contributed by atoms with Gasteiger partial charge in [0.05, 0.1) is 18.4 Å². The van der Waals surface area contributed by atoms with Gasteiger partial charge in [0.1, 0.15) is 5.75 Å². The minimum absolute atomic E-state index is 0.128. The Morgan fingerprint density at radius 3 is 2.68 bits per heavy atom. The van der Waals surface area contributed by atoms with Crippen molar-refractivity contribution in [3.63, 3.8) is 0 Å². The third-order valence-corrected chi connectivity index (χ3v) is 4.76. The summed E-state index contributed by atoms with van der Waals surface area (Å²) < 4.78 is 27.4. The summed E-state index contributed by atoms with van der Waals surface area (Å²) in [4.78, 5) is 25.0. The molecule has 2 rings (SSSR count). The fraction of sp³-hybridized carbons (Fsp3) is 0.429. The molecule has 1 aliphatic rings. The van der Waals surface area contributed by atoms with Gasteiger partial charge in [-0.3, -0.25) is 9.59 Å². The first-order chi connectivity index (χ1) is 10.2. The van der Waals surface area contributed by atoms with Gasteiger partial charge in [-0.25, -0.2) is 8.42 Å². The van der Waals surface area contributed by atoms with E-state index in [1.54, 1.807) is 18.2 Å². The van der Waals surface area contributed by atoms with Gasteiger partial charge in [0.2, 0.25) is 15.0 Å². The Hall–Kier alpha value is -1.60. The van der Waals surface area contributed by atoms with E-state index in [-0.39, 0.29) is 36.3 Å². The summed E-state index contributed by atoms with van der Waals surface area (Å²) in [6.45, 7) is 1.70. The standard InChI is InChI=1S/C14H16ClNO5S/c1-9(17)12-4-3-11(6-13(12)21-2)16-7-10(5-14(16)18)8-22(15,19)20/h3-4,6,10H,5,7-8H2,1-2H3. The Labute approximate surface area is 133 Å². The summed E-state index contributed by atoms with van der Waals surface area (Å²) in [6, 6.07) is 4.84. The number of amides is 1. The quantitative estimate of drug-likeness (QED) is 0.600. The minimum Gasteiger partial charge on any atom is -0.496 e. The molecule has 1 aliphatic heterocycles. The molecule has 22 heavy (non-hydrogen) atoms. The Kier molecular flexibility index (Phi) is 4.77. The molecule has 1 atom stereocenters. The van der Waals surface area contributed by atoms with Crippen LogP contribution in [-0.4, -0.2) is 39.5 Å². The smallest absolute Gasteiger partial charge is 0.232 e. The van der Waals surface area contributed by atoms with Crippen LogP contribution in [0.25, 0.3) is 0 Å². The maximum atomic E-state index is 12.1. The lowest BCUT2D eigenvalue weighted by molar-refractivity contribution is -0.117. The molecule has 0 aromatic heterocycles. The van der Waals surface area contributed by atoms with Crippen molar-refractivity contribution in [2.45, 2.75) is 13.3 Å². The number of ketones is 1. The number of halogens is 1. The first-order valence-corrected chi connectivity index (χ1v) is 9.11. The monoisotopic (exact) mass is 345 g/mol. The van der Waals surface area contributed by atoms with Crippen molar-refractivity contribution in [1.29, 1.82) is 0 Å². The van der Waals surface area contributed by atoms with Crippen molar-refractivity contribution in [2.24, 2.45) is 5.92 Å². The normalized spacial score (nSPS) is 18.6. The molecule has 1 saturated heterocycles. The molecule has 8 heteroatoms. The molecule has 0 spiro atoms. The second-order valence-electron chi connectivity index (χ2n) is 5.22. The summed E-state index contributed by atoms with van der Waals surface area (Å²) in [5, 5.41) is 0. The van der Waals surface area contributed by atoms with Crippen molar-refractivity contribution >= 4 is 37.1 Å². The molecule has 0 radical (unpaired) electrons. The Morgan fingerprint density at radius 1 is 1.45 bits per heavy atom. The lowest BCUT2D eigenvalue weighted by atomic mass is 10.1. The van der Waals surface area contributed by atoms with Crippen LogP contribution in [0.3, 0.4) is 0 Å². The molecule has 1 aromatic carbocycles. The maximum Gasteiger partial charge on any atom is 0.232 e. The molecule has 1 heterocycles. The van der Waals surface area contributed by atoms with Gasteiger partial charge in [0, 0.05) is 41.3 Å². The van der Waals surface area contributed by atoms with E-state index in [2.05, 4.69) is 0 Å². The predicted octanol–water partition coefficient (Wildman–Crippen LogP) is 1.82. The van der Waals surface area contributed by atoms with Crippen LogP contribution in [0.2, 0.25) is 0 Å². The summed E-state index contributed by atoms with van der Waals surface area (Å²) in [5.41, 5.74) is 0.999. The van der Waals surface area contributed by atoms with Crippen LogP contribution in [0.4, 0.5) is 5.69 Å². The molecular weight excluding hydrogens is 330 g/mol. The first-order valence-electron chi connectivity index (χ1n) is 6.63. The van der Waals surface area contributed by atoms with Gasteiger partial charge in [0.15, 0.2) is 5.78 Å². The molecule has 1 fully saturated rings. The Bertz CT molecular complexity index is 716. The fourth-order valence-corrected chi connectivity index (χ4v) is 3.88. The largest absolute Gasteiger partial charge is 0.496 e. The van der Waals surface area contributed by atoms with Crippen LogP contribution >= 0.6 is 10.7 Å². The number of carbonyl (C=O) groups is 2. The van der Waals surface area contributed by atoms with Crippen LogP contribution in [0.15, 0.2) is 18.2 Å². The zero-order valence-electron chi connectivity index (χ0n) is 12.2. The molecule has 0 aliphatic carbocycles. The molecule has 120 valence electrons. The summed E-state index contributed by atoms with van der Waals surface area (Å²) in [5.74, 6) is -0.510. The average Bonchev–Trinajstić information content (AvgIpc) is 2.76. The number of rotatable bonds is 5. The van der Waals surface area contributed by atoms with Crippen molar-refractivity contribution < 1.29 is 22.7 Å². The highest BCUT2D eigenvalue weighted by Crippen LogP contribution is 2.31. The van der Waals surface area contributed by atoms with Crippen molar-refractivity contribution in [3.05, 3.63) is 23.8 Å². The molecule has 1 amide bonds. The van der Waals surface area contributed by atoms with Gasteiger partial charge in [-0.15, -0.1) is 0 Å². The third-order valence-electron chi connectivity index (χ3n) is 3.52. The van der Waals surface area contributed by atoms with Crippen LogP contribution in [0.1, 0.15) is 23.7 Å². The van der Waals surface area contributed by atoms with Crippen LogP contribution in [0.5, 0.6) is 5.75 Å². The molecule has 6 nitrogen and oxygen atoms in total. The van der Waals surface area contributed by atoms with Crippen molar-refractivity contribution in [1.82, 2.24) is 0 Å². The molecule has 0 bridgehead atoms. The Balaban J connectivity index is 2.25. The molecule has 0 saturated carbocycles. The summed E-state index contributed by atoms with van der Waals surface area (Å²) >= 11 is 0. The summed E-state index contributed by atoms with van der Waals surface area (Å²) in [7, 11) is 3.04. The molecular formula is C14H16ClNO5S. The van der Waals surface area contributed by atoms with Crippen molar-refractivity contribution in [2.75, 3.05) is 24.3 Å². The average molecular weight is 346 g/mol. The maximum absolute atomic E-state index is 12.1. The van der Waals surface area contributed by atoms with E-state index in [4.69, 9.17) is 15.4 Å². The molecule has 1 aromatic rings. The van der Waals surface area contributed by atoms with Gasteiger partial charge >= 0.3 is 0 Å². The number of benzene rings is 1. The summed E-state index contributed by atoms with van der Waals surface area (Å²) in [6.07, 6.45) is 0.128. The topological polar surface area (TPSA) is 80.8 Å². The van der Waals surface area contributed by atoms with Crippen molar-refractivity contribution in [3.8, 4) is 5.75 Å². The zero-order chi connectivity index (χ0) is 16.5. The number of anilines is 1. The van der Waals surface area contributed by atoms with Crippen LogP contribution in [0, 0.1) is 5.92 Å². The van der Waals surface area contributed by atoms with E-state index in [0.717, 1.165) is 0 Å². The van der Waals surface area contributed by atoms with Crippen LogP contribution < -0.4 is 9.64 Å². The van der Waals surface area contributed by atoms with E-state index in [1.807, 2.05) is 0 Å². The number of ether oxygens (including phenoxy) is 1. The molecule has 1 unspecified atom stereocenters. The number of hydrogen-bond acceptors (Lipinski definition) is 5. The highest BCUT2D eigenvalue weighted by Gasteiger charge is 2.33. The first kappa shape index (κ1) is 16.8. The number of carbonyl (C=O) groups excluding carboxylic acids is 2. The number of nitrogens with zero attached hydrogens (tertiary/aromatic N) is 1. The van der Waals surface area contributed by atoms with E-state index in [9.17, 15) is 18.0 Å². The third kappa shape index (κ3) is 3.78. The predicted molar refractivity (Wildman–Crippen MR) is 83.1 cm³/mol. The van der Waals surface area contributed by atoms with Gasteiger partial charge in [-0.2, -0.15) is 0 Å².